The monoisotopic (exact) mass is 289 g/mol. The predicted octanol–water partition coefficient (Wildman–Crippen LogP) is 1.37. The fourth-order valence-corrected chi connectivity index (χ4v) is 3.99. The van der Waals surface area contributed by atoms with Gasteiger partial charge < -0.3 is 10.5 Å². The number of hydrogen-bond donors (Lipinski definition) is 1. The SMILES string of the molecule is NC1CCOCC1S(=O)(=O)Cc1ccc(Cl)cc1. The highest BCUT2D eigenvalue weighted by Crippen LogP contribution is 2.19. The summed E-state index contributed by atoms with van der Waals surface area (Å²) in [5.41, 5.74) is 6.58. The molecule has 1 fully saturated rings. The van der Waals surface area contributed by atoms with E-state index in [1.165, 1.54) is 0 Å². The number of rotatable bonds is 3. The van der Waals surface area contributed by atoms with Gasteiger partial charge in [-0.1, -0.05) is 23.7 Å². The van der Waals surface area contributed by atoms with E-state index in [1.807, 2.05) is 0 Å². The Hall–Kier alpha value is -0.620. The van der Waals surface area contributed by atoms with Crippen LogP contribution in [0.5, 0.6) is 0 Å². The highest BCUT2D eigenvalue weighted by atomic mass is 35.5. The molecule has 6 heteroatoms. The van der Waals surface area contributed by atoms with E-state index >= 15 is 0 Å². The molecular weight excluding hydrogens is 274 g/mol. The van der Waals surface area contributed by atoms with Gasteiger partial charge in [0.25, 0.3) is 0 Å². The van der Waals surface area contributed by atoms with Gasteiger partial charge in [-0.25, -0.2) is 8.42 Å². The zero-order chi connectivity index (χ0) is 13.2. The second-order valence-corrected chi connectivity index (χ2v) is 7.16. The van der Waals surface area contributed by atoms with Gasteiger partial charge in [-0.05, 0) is 24.1 Å². The fraction of sp³-hybridized carbons (Fsp3) is 0.500. The Kier molecular flexibility index (Phi) is 4.27. The molecule has 2 rings (SSSR count). The quantitative estimate of drug-likeness (QED) is 0.912. The molecule has 100 valence electrons. The van der Waals surface area contributed by atoms with Crippen LogP contribution in [0, 0.1) is 0 Å². The minimum atomic E-state index is -3.29. The Bertz CT molecular complexity index is 501. The van der Waals surface area contributed by atoms with Crippen LogP contribution in [0.3, 0.4) is 0 Å². The molecule has 1 aromatic carbocycles. The van der Waals surface area contributed by atoms with Crippen molar-refractivity contribution in [2.45, 2.75) is 23.5 Å². The number of ether oxygens (including phenoxy) is 1. The molecule has 4 nitrogen and oxygen atoms in total. The third-order valence-electron chi connectivity index (χ3n) is 3.10. The first-order valence-corrected chi connectivity index (χ1v) is 7.88. The van der Waals surface area contributed by atoms with Crippen molar-refractivity contribution in [3.05, 3.63) is 34.9 Å². The Labute approximate surface area is 112 Å². The molecule has 18 heavy (non-hydrogen) atoms. The smallest absolute Gasteiger partial charge is 0.161 e. The summed E-state index contributed by atoms with van der Waals surface area (Å²) < 4.78 is 29.7. The number of halogens is 1. The molecule has 0 aromatic heterocycles. The van der Waals surface area contributed by atoms with E-state index < -0.39 is 15.1 Å². The lowest BCUT2D eigenvalue weighted by atomic mass is 10.1. The summed E-state index contributed by atoms with van der Waals surface area (Å²) in [7, 11) is -3.29. The second-order valence-electron chi connectivity index (χ2n) is 4.50. The van der Waals surface area contributed by atoms with Crippen molar-refractivity contribution in [1.82, 2.24) is 0 Å². The number of benzene rings is 1. The Morgan fingerprint density at radius 1 is 1.33 bits per heavy atom. The third kappa shape index (κ3) is 3.23. The first-order chi connectivity index (χ1) is 8.49. The summed E-state index contributed by atoms with van der Waals surface area (Å²) in [5, 5.41) is -0.0178. The van der Waals surface area contributed by atoms with E-state index in [0.717, 1.165) is 5.56 Å². The number of nitrogens with two attached hydrogens (primary N) is 1. The van der Waals surface area contributed by atoms with Crippen LogP contribution in [0.2, 0.25) is 5.02 Å². The third-order valence-corrected chi connectivity index (χ3v) is 5.49. The largest absolute Gasteiger partial charge is 0.380 e. The Morgan fingerprint density at radius 2 is 2.00 bits per heavy atom. The normalized spacial score (nSPS) is 25.0. The van der Waals surface area contributed by atoms with Crippen molar-refractivity contribution < 1.29 is 13.2 Å². The van der Waals surface area contributed by atoms with Gasteiger partial charge in [0.05, 0.1) is 12.4 Å². The standard InChI is InChI=1S/C12H16ClNO3S/c13-10-3-1-9(2-4-10)8-18(15,16)12-7-17-6-5-11(12)14/h1-4,11-12H,5-8,14H2. The molecule has 1 heterocycles. The zero-order valence-corrected chi connectivity index (χ0v) is 11.5. The molecule has 0 bridgehead atoms. The lowest BCUT2D eigenvalue weighted by Crippen LogP contribution is -2.48. The molecule has 1 aliphatic rings. The molecule has 0 saturated carbocycles. The van der Waals surface area contributed by atoms with Crippen LogP contribution in [0.4, 0.5) is 0 Å². The lowest BCUT2D eigenvalue weighted by Gasteiger charge is -2.28. The van der Waals surface area contributed by atoms with Crippen molar-refractivity contribution in [3.8, 4) is 0 Å². The molecule has 2 unspecified atom stereocenters. The lowest BCUT2D eigenvalue weighted by molar-refractivity contribution is 0.0891. The molecule has 1 aliphatic heterocycles. The van der Waals surface area contributed by atoms with Gasteiger partial charge in [0.1, 0.15) is 5.25 Å². The molecule has 2 atom stereocenters. The van der Waals surface area contributed by atoms with Crippen LogP contribution in [0.1, 0.15) is 12.0 Å². The first kappa shape index (κ1) is 13.8. The van der Waals surface area contributed by atoms with Crippen molar-refractivity contribution in [2.24, 2.45) is 5.73 Å². The number of hydrogen-bond acceptors (Lipinski definition) is 4. The number of sulfone groups is 1. The maximum atomic E-state index is 12.3. The van der Waals surface area contributed by atoms with Crippen LogP contribution < -0.4 is 5.73 Å². The molecule has 1 aromatic rings. The summed E-state index contributed by atoms with van der Waals surface area (Å²) >= 11 is 5.77. The van der Waals surface area contributed by atoms with Gasteiger partial charge in [0.2, 0.25) is 0 Å². The Balaban J connectivity index is 2.13. The maximum absolute atomic E-state index is 12.3. The highest BCUT2D eigenvalue weighted by molar-refractivity contribution is 7.91. The van der Waals surface area contributed by atoms with Gasteiger partial charge in [-0.3, -0.25) is 0 Å². The molecule has 0 aliphatic carbocycles. The second kappa shape index (κ2) is 5.57. The molecule has 0 amide bonds. The molecule has 0 spiro atoms. The van der Waals surface area contributed by atoms with Gasteiger partial charge in [-0.15, -0.1) is 0 Å². The van der Waals surface area contributed by atoms with Gasteiger partial charge in [0.15, 0.2) is 9.84 Å². The minimum Gasteiger partial charge on any atom is -0.380 e. The van der Waals surface area contributed by atoms with Gasteiger partial charge in [0, 0.05) is 17.7 Å². The summed E-state index contributed by atoms with van der Waals surface area (Å²) in [6.07, 6.45) is 0.588. The van der Waals surface area contributed by atoms with E-state index in [-0.39, 0.29) is 18.4 Å². The Morgan fingerprint density at radius 3 is 2.61 bits per heavy atom. The van der Waals surface area contributed by atoms with Crippen molar-refractivity contribution in [2.75, 3.05) is 13.2 Å². The fourth-order valence-electron chi connectivity index (χ4n) is 2.02. The van der Waals surface area contributed by atoms with Gasteiger partial charge in [-0.2, -0.15) is 0 Å². The first-order valence-electron chi connectivity index (χ1n) is 5.78. The van der Waals surface area contributed by atoms with Crippen molar-refractivity contribution >= 4 is 21.4 Å². The molecular formula is C12H16ClNO3S. The van der Waals surface area contributed by atoms with E-state index in [2.05, 4.69) is 0 Å². The summed E-state index contributed by atoms with van der Waals surface area (Å²) in [6, 6.07) is 6.47. The minimum absolute atomic E-state index is 0.0219. The van der Waals surface area contributed by atoms with E-state index in [4.69, 9.17) is 22.1 Å². The van der Waals surface area contributed by atoms with Crippen LogP contribution in [0.15, 0.2) is 24.3 Å². The molecule has 1 saturated heterocycles. The van der Waals surface area contributed by atoms with Crippen LogP contribution >= 0.6 is 11.6 Å². The molecule has 2 N–H and O–H groups in total. The van der Waals surface area contributed by atoms with Gasteiger partial charge >= 0.3 is 0 Å². The van der Waals surface area contributed by atoms with Crippen LogP contribution in [0.25, 0.3) is 0 Å². The van der Waals surface area contributed by atoms with Crippen LogP contribution in [-0.2, 0) is 20.3 Å². The molecule has 0 radical (unpaired) electrons. The topological polar surface area (TPSA) is 69.4 Å². The van der Waals surface area contributed by atoms with E-state index in [0.29, 0.717) is 18.1 Å². The zero-order valence-electron chi connectivity index (χ0n) is 9.88. The van der Waals surface area contributed by atoms with Crippen molar-refractivity contribution in [1.29, 1.82) is 0 Å². The van der Waals surface area contributed by atoms with E-state index in [9.17, 15) is 8.42 Å². The summed E-state index contributed by atoms with van der Waals surface area (Å²) in [4.78, 5) is 0. The average Bonchev–Trinajstić information content (AvgIpc) is 2.32. The van der Waals surface area contributed by atoms with Crippen molar-refractivity contribution in [3.63, 3.8) is 0 Å². The predicted molar refractivity (Wildman–Crippen MR) is 71.3 cm³/mol. The average molecular weight is 290 g/mol. The van der Waals surface area contributed by atoms with Crippen LogP contribution in [-0.4, -0.2) is 32.9 Å². The highest BCUT2D eigenvalue weighted by Gasteiger charge is 2.34. The summed E-state index contributed by atoms with van der Waals surface area (Å²) in [5.74, 6) is -0.0219. The van der Waals surface area contributed by atoms with E-state index in [1.54, 1.807) is 24.3 Å². The maximum Gasteiger partial charge on any atom is 0.161 e. The summed E-state index contributed by atoms with van der Waals surface area (Å²) in [6.45, 7) is 0.727.